The Morgan fingerprint density at radius 3 is 1.24 bits per heavy atom. The van der Waals surface area contributed by atoms with Gasteiger partial charge in [0, 0.05) is 116 Å². The van der Waals surface area contributed by atoms with Crippen LogP contribution in [0.5, 0.6) is 0 Å². The molecule has 6 aromatic carbocycles. The Morgan fingerprint density at radius 2 is 0.631 bits per heavy atom. The summed E-state index contributed by atoms with van der Waals surface area (Å²) in [7, 11) is 13.2. The van der Waals surface area contributed by atoms with Crippen molar-refractivity contribution < 1.29 is 0 Å². The lowest BCUT2D eigenvalue weighted by Gasteiger charge is -2.41. The third-order valence-electron chi connectivity index (χ3n) is 22.8. The average Bonchev–Trinajstić information content (AvgIpc) is 1.55. The second-order valence-corrected chi connectivity index (χ2v) is 32.1. The van der Waals surface area contributed by atoms with Crippen molar-refractivity contribution in [2.24, 2.45) is 0 Å². The van der Waals surface area contributed by atoms with Gasteiger partial charge in [0.15, 0.2) is 0 Å². The number of likely N-dealkylation sites (N-methyl/N-ethyl adjacent to an activating group) is 6. The van der Waals surface area contributed by atoms with Crippen LogP contribution >= 0.6 is 0 Å². The fourth-order valence-corrected chi connectivity index (χ4v) is 18.0. The molecule has 0 unspecified atom stereocenters. The smallest absolute Gasteiger partial charge is 0.0437 e. The van der Waals surface area contributed by atoms with Crippen LogP contribution in [0.2, 0.25) is 0 Å². The number of hydrogen-bond acceptors (Lipinski definition) is 6. The quantitative estimate of drug-likeness (QED) is 0.150. The van der Waals surface area contributed by atoms with Crippen molar-refractivity contribution >= 4 is 34.1 Å². The van der Waals surface area contributed by atoms with Gasteiger partial charge in [-0.05, 0) is 234 Å². The first-order valence-electron chi connectivity index (χ1n) is 32.7. The second-order valence-electron chi connectivity index (χ2n) is 32.1. The summed E-state index contributed by atoms with van der Waals surface area (Å²) in [6, 6.07) is 28.3. The fraction of sp³-hybridized carbons (Fsp3) is 0.538. The summed E-state index contributed by atoms with van der Waals surface area (Å²) in [6.45, 7) is 35.4. The molecule has 0 bridgehead atoms. The van der Waals surface area contributed by atoms with Gasteiger partial charge in [-0.15, -0.1) is 0 Å². The molecule has 0 saturated heterocycles. The van der Waals surface area contributed by atoms with Gasteiger partial charge in [0.05, 0.1) is 0 Å². The van der Waals surface area contributed by atoms with Crippen LogP contribution in [0, 0.1) is 0 Å². The lowest BCUT2D eigenvalue weighted by atomic mass is 9.64. The Bertz CT molecular complexity index is 3640. The van der Waals surface area contributed by atoms with E-state index < -0.39 is 0 Å². The number of hydrogen-bond donors (Lipinski definition) is 0. The minimum absolute atomic E-state index is 0.416. The van der Waals surface area contributed by atoms with E-state index in [0.29, 0.717) is 32.5 Å². The molecular formula is C78H102N6. The SMILES string of the molecule is CN1CCc2c1ccc1c2C(C)(C)C1.CN1CCc2c1ccc1c2CC1(C)C.CN1CCc2cc3c(cc21)C(C)(C)C3.CN1CCc2cc3c(cc21)CC3(C)C.CN1CCc2ccc3c(c21)C(C)(C)C3.CN1CCc2ccc3c(c21)CC3(C)C. The Hall–Kier alpha value is -5.88. The van der Waals surface area contributed by atoms with Crippen LogP contribution in [0.25, 0.3) is 0 Å². The highest BCUT2D eigenvalue weighted by molar-refractivity contribution is 5.73. The van der Waals surface area contributed by atoms with E-state index in [1.165, 1.54) is 139 Å². The molecule has 6 heterocycles. The molecule has 0 N–H and O–H groups in total. The van der Waals surface area contributed by atoms with Crippen LogP contribution in [0.3, 0.4) is 0 Å². The van der Waals surface area contributed by atoms with Gasteiger partial charge < -0.3 is 29.4 Å². The summed E-state index contributed by atoms with van der Waals surface area (Å²) >= 11 is 0. The summed E-state index contributed by atoms with van der Waals surface area (Å²) in [5.41, 5.74) is 40.2. The van der Waals surface area contributed by atoms with Gasteiger partial charge in [0.1, 0.15) is 0 Å². The maximum atomic E-state index is 2.44. The molecule has 6 aromatic rings. The molecule has 444 valence electrons. The molecule has 6 nitrogen and oxygen atoms in total. The van der Waals surface area contributed by atoms with Crippen molar-refractivity contribution in [1.82, 2.24) is 0 Å². The van der Waals surface area contributed by atoms with Gasteiger partial charge in [-0.3, -0.25) is 0 Å². The zero-order valence-electron chi connectivity index (χ0n) is 55.3. The van der Waals surface area contributed by atoms with Gasteiger partial charge in [-0.1, -0.05) is 132 Å². The summed E-state index contributed by atoms with van der Waals surface area (Å²) < 4.78 is 0. The predicted octanol–water partition coefficient (Wildman–Crippen LogP) is 15.1. The highest BCUT2D eigenvalue weighted by Crippen LogP contribution is 2.52. The molecule has 0 aromatic heterocycles. The average molecular weight is 1120 g/mol. The monoisotopic (exact) mass is 1120 g/mol. The molecule has 6 heteroatoms. The van der Waals surface area contributed by atoms with E-state index in [2.05, 4.69) is 228 Å². The molecular weight excluding hydrogens is 1020 g/mol. The van der Waals surface area contributed by atoms with E-state index in [1.54, 1.807) is 112 Å². The summed E-state index contributed by atoms with van der Waals surface area (Å²) in [6.07, 6.45) is 15.0. The van der Waals surface area contributed by atoms with E-state index in [0.717, 1.165) is 0 Å². The normalized spacial score (nSPS) is 21.5. The van der Waals surface area contributed by atoms with E-state index in [4.69, 9.17) is 0 Å². The van der Waals surface area contributed by atoms with Crippen LogP contribution < -0.4 is 29.4 Å². The first kappa shape index (κ1) is 57.2. The topological polar surface area (TPSA) is 19.4 Å². The van der Waals surface area contributed by atoms with Crippen LogP contribution in [-0.2, 0) is 110 Å². The summed E-state index contributed by atoms with van der Waals surface area (Å²) in [5, 5.41) is 0. The van der Waals surface area contributed by atoms with Gasteiger partial charge >= 0.3 is 0 Å². The molecule has 0 spiro atoms. The Morgan fingerprint density at radius 1 is 0.250 bits per heavy atom. The molecule has 0 atom stereocenters. The number of rotatable bonds is 0. The molecule has 0 radical (unpaired) electrons. The summed E-state index contributed by atoms with van der Waals surface area (Å²) in [4.78, 5) is 14.4. The van der Waals surface area contributed by atoms with Crippen molar-refractivity contribution in [3.8, 4) is 0 Å². The molecule has 0 fully saturated rings. The van der Waals surface area contributed by atoms with Gasteiger partial charge in [0.2, 0.25) is 0 Å². The molecule has 6 aliphatic heterocycles. The lowest BCUT2D eigenvalue weighted by Crippen LogP contribution is -2.34. The maximum absolute atomic E-state index is 2.44. The Kier molecular flexibility index (Phi) is 13.5. The number of nitrogens with zero attached hydrogens (tertiary/aromatic N) is 6. The number of fused-ring (bicyclic) bond motifs is 16. The van der Waals surface area contributed by atoms with Crippen LogP contribution in [0.1, 0.15) is 183 Å². The largest absolute Gasteiger partial charge is 0.374 e. The van der Waals surface area contributed by atoms with Crippen molar-refractivity contribution in [2.45, 2.75) is 193 Å². The minimum atomic E-state index is 0.416. The van der Waals surface area contributed by atoms with E-state index in [1.807, 2.05) is 0 Å². The van der Waals surface area contributed by atoms with Gasteiger partial charge in [-0.25, -0.2) is 0 Å². The molecule has 18 rings (SSSR count). The first-order chi connectivity index (χ1) is 39.5. The zero-order chi connectivity index (χ0) is 59.5. The van der Waals surface area contributed by atoms with Crippen molar-refractivity contribution in [1.29, 1.82) is 0 Å². The molecule has 0 saturated carbocycles. The second kappa shape index (κ2) is 19.8. The molecule has 84 heavy (non-hydrogen) atoms. The zero-order valence-corrected chi connectivity index (χ0v) is 55.3. The Balaban J connectivity index is 0.0000000940. The fourth-order valence-electron chi connectivity index (χ4n) is 18.0. The standard InChI is InChI=1S/6C13H17N/c1-13(2)8-10-7-12-9(6-11(10)13)4-5-14(12)3;1-13(2)8-10-6-9-4-5-14(3)12(9)7-11(10)13;1-13(2)8-10-9-6-7-14(3)12(9)5-4-11(10)13;1-13(2)8-9-4-5-11-10(12(9)13)6-7-14(11)3;1-13(2)8-10-11(13)5-4-9-6-7-14(3)12(9)10;1-13(2)8-10-5-4-9-6-7-14(3)12(9)11(10)13/h2*6-7H,4-5,8H2,1-3H3;4*4-5H,6-8H2,1-3H3. The van der Waals surface area contributed by atoms with Crippen molar-refractivity contribution in [2.75, 3.05) is 111 Å². The summed E-state index contributed by atoms with van der Waals surface area (Å²) in [5.74, 6) is 0. The number of anilines is 6. The van der Waals surface area contributed by atoms with Crippen molar-refractivity contribution in [3.63, 3.8) is 0 Å². The van der Waals surface area contributed by atoms with E-state index in [-0.39, 0.29) is 0 Å². The highest BCUT2D eigenvalue weighted by atomic mass is 15.1. The highest BCUT2D eigenvalue weighted by Gasteiger charge is 2.43. The lowest BCUT2D eigenvalue weighted by molar-refractivity contribution is 0.451. The van der Waals surface area contributed by atoms with Crippen LogP contribution in [0.15, 0.2) is 72.8 Å². The maximum Gasteiger partial charge on any atom is 0.0437 e. The predicted molar refractivity (Wildman–Crippen MR) is 361 cm³/mol. The van der Waals surface area contributed by atoms with Crippen LogP contribution in [-0.4, -0.2) is 81.6 Å². The molecule has 6 aliphatic carbocycles. The minimum Gasteiger partial charge on any atom is -0.374 e. The molecule has 12 aliphatic rings. The van der Waals surface area contributed by atoms with Crippen LogP contribution in [0.4, 0.5) is 34.1 Å². The molecule has 0 amide bonds. The van der Waals surface area contributed by atoms with E-state index in [9.17, 15) is 0 Å². The van der Waals surface area contributed by atoms with Gasteiger partial charge in [0.25, 0.3) is 0 Å². The van der Waals surface area contributed by atoms with E-state index >= 15 is 0 Å². The Labute approximate surface area is 508 Å². The first-order valence-corrected chi connectivity index (χ1v) is 32.7. The van der Waals surface area contributed by atoms with Gasteiger partial charge in [-0.2, -0.15) is 0 Å². The van der Waals surface area contributed by atoms with Crippen molar-refractivity contribution in [3.05, 3.63) is 173 Å². The number of benzene rings is 6. The third kappa shape index (κ3) is 9.37. The third-order valence-corrected chi connectivity index (χ3v) is 22.8.